The van der Waals surface area contributed by atoms with Gasteiger partial charge in [-0.3, -0.25) is 4.79 Å². The first-order valence-corrected chi connectivity index (χ1v) is 7.24. The molecule has 0 fully saturated rings. The number of anilines is 2. The lowest BCUT2D eigenvalue weighted by atomic mass is 10.1. The second-order valence-electron chi connectivity index (χ2n) is 5.48. The van der Waals surface area contributed by atoms with Crippen LogP contribution in [-0.4, -0.2) is 19.6 Å². The van der Waals surface area contributed by atoms with Gasteiger partial charge in [-0.25, -0.2) is 0 Å². The van der Waals surface area contributed by atoms with Crippen LogP contribution in [0.4, 0.5) is 11.4 Å². The van der Waals surface area contributed by atoms with Crippen LogP contribution in [0.3, 0.4) is 0 Å². The van der Waals surface area contributed by atoms with Gasteiger partial charge < -0.3 is 15.4 Å². The van der Waals surface area contributed by atoms with Crippen LogP contribution in [0, 0.1) is 20.8 Å². The summed E-state index contributed by atoms with van der Waals surface area (Å²) >= 11 is 0. The van der Waals surface area contributed by atoms with Crippen LogP contribution in [0.1, 0.15) is 16.7 Å². The van der Waals surface area contributed by atoms with Crippen molar-refractivity contribution in [3.05, 3.63) is 53.1 Å². The number of carbonyl (C=O) groups is 1. The van der Waals surface area contributed by atoms with Gasteiger partial charge in [0.25, 0.3) is 0 Å². The predicted molar refractivity (Wildman–Crippen MR) is 90.8 cm³/mol. The fraction of sp³-hybridized carbons (Fsp3) is 0.278. The molecule has 0 unspecified atom stereocenters. The molecule has 4 heteroatoms. The van der Waals surface area contributed by atoms with E-state index in [1.165, 1.54) is 0 Å². The van der Waals surface area contributed by atoms with Gasteiger partial charge in [0, 0.05) is 5.69 Å². The Bertz CT molecular complexity index is 661. The Morgan fingerprint density at radius 3 is 2.32 bits per heavy atom. The number of amides is 1. The van der Waals surface area contributed by atoms with Crippen LogP contribution in [0.15, 0.2) is 36.4 Å². The number of carbonyl (C=O) groups excluding carboxylic acids is 1. The van der Waals surface area contributed by atoms with Gasteiger partial charge in [-0.2, -0.15) is 0 Å². The maximum Gasteiger partial charge on any atom is 0.243 e. The summed E-state index contributed by atoms with van der Waals surface area (Å²) in [6.07, 6.45) is 0. The summed E-state index contributed by atoms with van der Waals surface area (Å²) in [6.45, 7) is 6.21. The second-order valence-corrected chi connectivity index (χ2v) is 5.48. The Morgan fingerprint density at radius 2 is 1.68 bits per heavy atom. The van der Waals surface area contributed by atoms with E-state index in [4.69, 9.17) is 4.74 Å². The highest BCUT2D eigenvalue weighted by Crippen LogP contribution is 2.24. The van der Waals surface area contributed by atoms with Crippen molar-refractivity contribution in [1.82, 2.24) is 0 Å². The average Bonchev–Trinajstić information content (AvgIpc) is 2.44. The molecule has 0 heterocycles. The average molecular weight is 298 g/mol. The summed E-state index contributed by atoms with van der Waals surface area (Å²) in [5.74, 6) is 0.637. The van der Waals surface area contributed by atoms with Gasteiger partial charge in [-0.05, 0) is 61.7 Å². The minimum absolute atomic E-state index is 0.0893. The third-order valence-electron chi connectivity index (χ3n) is 3.30. The van der Waals surface area contributed by atoms with Crippen LogP contribution < -0.4 is 15.4 Å². The third kappa shape index (κ3) is 4.25. The van der Waals surface area contributed by atoms with Crippen LogP contribution >= 0.6 is 0 Å². The standard InChI is InChI=1S/C18H22N2O2/c1-12-5-6-17(22-4)16(10-12)19-11-18(21)20-15-8-13(2)7-14(3)9-15/h5-10,19H,11H2,1-4H3,(H,20,21). The molecule has 0 bridgehead atoms. The van der Waals surface area contributed by atoms with E-state index in [2.05, 4.69) is 16.7 Å². The number of aryl methyl sites for hydroxylation is 3. The molecule has 0 aliphatic heterocycles. The quantitative estimate of drug-likeness (QED) is 0.885. The molecule has 0 aliphatic rings. The van der Waals surface area contributed by atoms with Crippen LogP contribution in [-0.2, 0) is 4.79 Å². The van der Waals surface area contributed by atoms with Crippen molar-refractivity contribution < 1.29 is 9.53 Å². The molecular formula is C18H22N2O2. The van der Waals surface area contributed by atoms with E-state index in [0.29, 0.717) is 0 Å². The Kier molecular flexibility index (Phi) is 5.04. The predicted octanol–water partition coefficient (Wildman–Crippen LogP) is 3.67. The summed E-state index contributed by atoms with van der Waals surface area (Å²) in [5.41, 5.74) is 5.00. The molecular weight excluding hydrogens is 276 g/mol. The number of hydrogen-bond donors (Lipinski definition) is 2. The van der Waals surface area contributed by atoms with E-state index >= 15 is 0 Å². The molecule has 0 atom stereocenters. The van der Waals surface area contributed by atoms with Gasteiger partial charge in [-0.15, -0.1) is 0 Å². The van der Waals surface area contributed by atoms with Gasteiger partial charge >= 0.3 is 0 Å². The molecule has 22 heavy (non-hydrogen) atoms. The highest BCUT2D eigenvalue weighted by atomic mass is 16.5. The number of hydrogen-bond acceptors (Lipinski definition) is 3. The van der Waals surface area contributed by atoms with Gasteiger partial charge in [0.2, 0.25) is 5.91 Å². The van der Waals surface area contributed by atoms with Gasteiger partial charge in [0.05, 0.1) is 19.3 Å². The minimum Gasteiger partial charge on any atom is -0.495 e. The second kappa shape index (κ2) is 6.98. The van der Waals surface area contributed by atoms with Crippen molar-refractivity contribution in [2.45, 2.75) is 20.8 Å². The Hall–Kier alpha value is -2.49. The van der Waals surface area contributed by atoms with Crippen molar-refractivity contribution in [3.63, 3.8) is 0 Å². The zero-order valence-electron chi connectivity index (χ0n) is 13.5. The Labute approximate surface area is 131 Å². The zero-order chi connectivity index (χ0) is 16.1. The molecule has 4 nitrogen and oxygen atoms in total. The number of nitrogens with one attached hydrogen (secondary N) is 2. The van der Waals surface area contributed by atoms with E-state index in [9.17, 15) is 4.79 Å². The third-order valence-corrected chi connectivity index (χ3v) is 3.30. The lowest BCUT2D eigenvalue weighted by Gasteiger charge is -2.12. The lowest BCUT2D eigenvalue weighted by molar-refractivity contribution is -0.114. The van der Waals surface area contributed by atoms with Gasteiger partial charge in [-0.1, -0.05) is 12.1 Å². The van der Waals surface area contributed by atoms with E-state index in [1.807, 2.05) is 51.1 Å². The largest absolute Gasteiger partial charge is 0.495 e. The fourth-order valence-corrected chi connectivity index (χ4v) is 2.39. The molecule has 0 spiro atoms. The maximum atomic E-state index is 12.1. The molecule has 0 saturated carbocycles. The van der Waals surface area contributed by atoms with Crippen molar-refractivity contribution >= 4 is 17.3 Å². The minimum atomic E-state index is -0.0893. The highest BCUT2D eigenvalue weighted by Gasteiger charge is 2.07. The van der Waals surface area contributed by atoms with E-state index in [0.717, 1.165) is 33.8 Å². The van der Waals surface area contributed by atoms with E-state index in [1.54, 1.807) is 7.11 Å². The number of rotatable bonds is 5. The SMILES string of the molecule is COc1ccc(C)cc1NCC(=O)Nc1cc(C)cc(C)c1. The van der Waals surface area contributed by atoms with Crippen molar-refractivity contribution in [2.24, 2.45) is 0 Å². The van der Waals surface area contributed by atoms with Crippen molar-refractivity contribution in [2.75, 3.05) is 24.3 Å². The Morgan fingerprint density at radius 1 is 1.00 bits per heavy atom. The number of ether oxygens (including phenoxy) is 1. The highest BCUT2D eigenvalue weighted by molar-refractivity contribution is 5.94. The van der Waals surface area contributed by atoms with Crippen molar-refractivity contribution in [1.29, 1.82) is 0 Å². The van der Waals surface area contributed by atoms with E-state index < -0.39 is 0 Å². The van der Waals surface area contributed by atoms with E-state index in [-0.39, 0.29) is 12.5 Å². The molecule has 0 aliphatic carbocycles. The summed E-state index contributed by atoms with van der Waals surface area (Å²) in [5, 5.41) is 6.02. The topological polar surface area (TPSA) is 50.4 Å². The Balaban J connectivity index is 1.99. The molecule has 116 valence electrons. The summed E-state index contributed by atoms with van der Waals surface area (Å²) in [6, 6.07) is 11.8. The first-order valence-electron chi connectivity index (χ1n) is 7.24. The number of benzene rings is 2. The molecule has 0 radical (unpaired) electrons. The zero-order valence-corrected chi connectivity index (χ0v) is 13.5. The molecule has 2 aromatic rings. The smallest absolute Gasteiger partial charge is 0.243 e. The molecule has 2 N–H and O–H groups in total. The maximum absolute atomic E-state index is 12.1. The molecule has 2 aromatic carbocycles. The summed E-state index contributed by atoms with van der Waals surface area (Å²) in [7, 11) is 1.62. The van der Waals surface area contributed by atoms with Gasteiger partial charge in [0.1, 0.15) is 5.75 Å². The van der Waals surface area contributed by atoms with Crippen LogP contribution in [0.2, 0.25) is 0 Å². The molecule has 0 saturated heterocycles. The molecule has 0 aromatic heterocycles. The van der Waals surface area contributed by atoms with Crippen LogP contribution in [0.25, 0.3) is 0 Å². The first kappa shape index (κ1) is 15.9. The fourth-order valence-electron chi connectivity index (χ4n) is 2.39. The first-order chi connectivity index (χ1) is 10.5. The summed E-state index contributed by atoms with van der Waals surface area (Å²) < 4.78 is 5.29. The van der Waals surface area contributed by atoms with Crippen molar-refractivity contribution in [3.8, 4) is 5.75 Å². The van der Waals surface area contributed by atoms with Gasteiger partial charge in [0.15, 0.2) is 0 Å². The molecule has 2 rings (SSSR count). The van der Waals surface area contributed by atoms with Crippen LogP contribution in [0.5, 0.6) is 5.75 Å². The monoisotopic (exact) mass is 298 g/mol. The summed E-state index contributed by atoms with van der Waals surface area (Å²) in [4.78, 5) is 12.1. The molecule has 1 amide bonds. The lowest BCUT2D eigenvalue weighted by Crippen LogP contribution is -2.22. The normalized spacial score (nSPS) is 10.2. The number of methoxy groups -OCH3 is 1.